The summed E-state index contributed by atoms with van der Waals surface area (Å²) in [4.78, 5) is 13.6. The predicted molar refractivity (Wildman–Crippen MR) is 101 cm³/mol. The van der Waals surface area contributed by atoms with E-state index in [1.54, 1.807) is 18.4 Å². The van der Waals surface area contributed by atoms with Gasteiger partial charge in [0.25, 0.3) is 17.7 Å². The number of quaternary nitrogens is 1. The summed E-state index contributed by atoms with van der Waals surface area (Å²) < 4.78 is 10.9. The van der Waals surface area contributed by atoms with Crippen LogP contribution in [0.3, 0.4) is 0 Å². The minimum absolute atomic E-state index is 0.0331. The molecule has 0 fully saturated rings. The van der Waals surface area contributed by atoms with Gasteiger partial charge in [-0.25, -0.2) is 0 Å². The lowest BCUT2D eigenvalue weighted by Gasteiger charge is -2.16. The zero-order valence-electron chi connectivity index (χ0n) is 15.9. The van der Waals surface area contributed by atoms with Crippen LogP contribution in [-0.4, -0.2) is 29.2 Å². The van der Waals surface area contributed by atoms with Crippen LogP contribution in [0.4, 0.5) is 5.69 Å². The summed E-state index contributed by atoms with van der Waals surface area (Å²) >= 11 is 0. The Balaban J connectivity index is 1.62. The van der Waals surface area contributed by atoms with E-state index in [9.17, 15) is 4.79 Å². The van der Waals surface area contributed by atoms with Gasteiger partial charge in [0.15, 0.2) is 18.8 Å². The second kappa shape index (κ2) is 8.64. The first-order valence-corrected chi connectivity index (χ1v) is 9.11. The van der Waals surface area contributed by atoms with Crippen molar-refractivity contribution in [1.82, 2.24) is 10.2 Å². The molecule has 2 heterocycles. The molecule has 0 aliphatic carbocycles. The minimum Gasteiger partial charge on any atom is -0.459 e. The monoisotopic (exact) mass is 369 g/mol. The van der Waals surface area contributed by atoms with Gasteiger partial charge in [-0.2, -0.15) is 0 Å². The number of carbonyl (C=O) groups excluding carboxylic acids is 1. The molecule has 2 N–H and O–H groups in total. The number of nitrogens with zero attached hydrogens (tertiary/aromatic N) is 2. The van der Waals surface area contributed by atoms with E-state index in [1.165, 1.54) is 0 Å². The molecule has 0 bridgehead atoms. The molecule has 3 aromatic rings. The van der Waals surface area contributed by atoms with Crippen LogP contribution in [0.5, 0.6) is 0 Å². The van der Waals surface area contributed by atoms with E-state index in [1.807, 2.05) is 26.0 Å². The molecule has 3 rings (SSSR count). The number of aromatic nitrogens is 2. The molecule has 0 radical (unpaired) electrons. The molecule has 1 atom stereocenters. The fourth-order valence-electron chi connectivity index (χ4n) is 3.11. The Kier molecular flexibility index (Phi) is 6.03. The molecule has 1 unspecified atom stereocenters. The third-order valence-corrected chi connectivity index (χ3v) is 4.12. The van der Waals surface area contributed by atoms with E-state index in [0.717, 1.165) is 34.7 Å². The van der Waals surface area contributed by atoms with Crippen LogP contribution >= 0.6 is 0 Å². The van der Waals surface area contributed by atoms with Crippen LogP contribution in [0.2, 0.25) is 0 Å². The van der Waals surface area contributed by atoms with Crippen LogP contribution in [0, 0.1) is 13.8 Å². The van der Waals surface area contributed by atoms with Crippen LogP contribution in [0.25, 0.3) is 11.7 Å². The summed E-state index contributed by atoms with van der Waals surface area (Å²) in [6.45, 7) is 7.77. The molecule has 2 aromatic heterocycles. The smallest absolute Gasteiger partial charge is 0.283 e. The maximum atomic E-state index is 12.5. The number of benzene rings is 1. The summed E-state index contributed by atoms with van der Waals surface area (Å²) in [5, 5.41) is 11.1. The molecule has 0 saturated heterocycles. The van der Waals surface area contributed by atoms with Crippen LogP contribution in [0.15, 0.2) is 45.4 Å². The minimum atomic E-state index is -0.0331. The number of nitrogens with one attached hydrogen (secondary N) is 2. The maximum Gasteiger partial charge on any atom is 0.283 e. The van der Waals surface area contributed by atoms with Crippen molar-refractivity contribution in [2.24, 2.45) is 0 Å². The zero-order chi connectivity index (χ0) is 19.2. The zero-order valence-corrected chi connectivity index (χ0v) is 15.9. The van der Waals surface area contributed by atoms with Crippen molar-refractivity contribution in [3.63, 3.8) is 0 Å². The van der Waals surface area contributed by atoms with Crippen molar-refractivity contribution in [2.45, 2.75) is 33.7 Å². The van der Waals surface area contributed by atoms with Gasteiger partial charge in [-0.15, -0.1) is 10.2 Å². The summed E-state index contributed by atoms with van der Waals surface area (Å²) in [5.41, 5.74) is 3.07. The van der Waals surface area contributed by atoms with Crippen molar-refractivity contribution in [3.05, 3.63) is 53.6 Å². The van der Waals surface area contributed by atoms with Crippen LogP contribution < -0.4 is 10.2 Å². The van der Waals surface area contributed by atoms with Gasteiger partial charge in [-0.05, 0) is 55.7 Å². The highest BCUT2D eigenvalue weighted by atomic mass is 16.4. The normalized spacial score (nSPS) is 12.1. The Morgan fingerprint density at radius 1 is 1.19 bits per heavy atom. The van der Waals surface area contributed by atoms with Crippen molar-refractivity contribution >= 4 is 11.6 Å². The lowest BCUT2D eigenvalue weighted by atomic mass is 10.1. The first-order chi connectivity index (χ1) is 13.0. The van der Waals surface area contributed by atoms with Gasteiger partial charge < -0.3 is 19.1 Å². The highest BCUT2D eigenvalue weighted by molar-refractivity contribution is 5.91. The Morgan fingerprint density at radius 3 is 2.63 bits per heavy atom. The Hall–Kier alpha value is -2.93. The molecule has 0 saturated carbocycles. The molecule has 1 aromatic carbocycles. The Bertz CT molecular complexity index is 866. The molecule has 1 amide bonds. The lowest BCUT2D eigenvalue weighted by molar-refractivity contribution is -0.907. The highest BCUT2D eigenvalue weighted by Gasteiger charge is 2.19. The van der Waals surface area contributed by atoms with E-state index in [4.69, 9.17) is 8.83 Å². The van der Waals surface area contributed by atoms with Crippen LogP contribution in [0.1, 0.15) is 30.4 Å². The first-order valence-electron chi connectivity index (χ1n) is 9.11. The molecule has 0 spiro atoms. The van der Waals surface area contributed by atoms with E-state index >= 15 is 0 Å². The third-order valence-electron chi connectivity index (χ3n) is 4.12. The van der Waals surface area contributed by atoms with Crippen molar-refractivity contribution in [3.8, 4) is 11.7 Å². The van der Waals surface area contributed by atoms with Gasteiger partial charge in [-0.1, -0.05) is 13.0 Å². The number of carbonyl (C=O) groups is 1. The number of amides is 1. The number of rotatable bonds is 8. The summed E-state index contributed by atoms with van der Waals surface area (Å²) in [5.74, 6) is 1.35. The maximum absolute atomic E-state index is 12.5. The van der Waals surface area contributed by atoms with E-state index in [2.05, 4.69) is 28.5 Å². The first kappa shape index (κ1) is 18.8. The van der Waals surface area contributed by atoms with Crippen molar-refractivity contribution in [2.75, 3.05) is 18.4 Å². The molecule has 0 aliphatic rings. The van der Waals surface area contributed by atoms with Crippen LogP contribution in [-0.2, 0) is 11.3 Å². The van der Waals surface area contributed by atoms with Gasteiger partial charge in [0.1, 0.15) is 0 Å². The molecule has 142 valence electrons. The quantitative estimate of drug-likeness (QED) is 0.637. The number of hydrogen-bond acceptors (Lipinski definition) is 5. The second-order valence-corrected chi connectivity index (χ2v) is 6.76. The Labute approximate surface area is 158 Å². The number of anilines is 1. The Morgan fingerprint density at radius 2 is 1.96 bits per heavy atom. The van der Waals surface area contributed by atoms with E-state index in [0.29, 0.717) is 30.6 Å². The highest BCUT2D eigenvalue weighted by Crippen LogP contribution is 2.17. The van der Waals surface area contributed by atoms with Gasteiger partial charge in [-0.3, -0.25) is 4.79 Å². The van der Waals surface area contributed by atoms with Gasteiger partial charge >= 0.3 is 0 Å². The summed E-state index contributed by atoms with van der Waals surface area (Å²) in [6, 6.07) is 9.56. The molecular formula is C20H25N4O3+. The average molecular weight is 369 g/mol. The largest absolute Gasteiger partial charge is 0.459 e. The SMILES string of the molecule is CCC[NH+](CC(=O)Nc1cc(C)cc(C)c1)Cc1nnc(-c2ccco2)o1. The van der Waals surface area contributed by atoms with E-state index < -0.39 is 0 Å². The fraction of sp³-hybridized carbons (Fsp3) is 0.350. The third kappa shape index (κ3) is 5.27. The number of furan rings is 1. The molecule has 7 nitrogen and oxygen atoms in total. The predicted octanol–water partition coefficient (Wildman–Crippen LogP) is 2.38. The molecular weight excluding hydrogens is 344 g/mol. The summed E-state index contributed by atoms with van der Waals surface area (Å²) in [7, 11) is 0. The van der Waals surface area contributed by atoms with Gasteiger partial charge in [0.2, 0.25) is 0 Å². The van der Waals surface area contributed by atoms with E-state index in [-0.39, 0.29) is 5.91 Å². The standard InChI is InChI=1S/C20H24N4O3/c1-4-7-24(12-18(25)21-16-10-14(2)9-15(3)11-16)13-19-22-23-20(27-19)17-6-5-8-26-17/h5-6,8-11H,4,7,12-13H2,1-3H3,(H,21,25)/p+1. The summed E-state index contributed by atoms with van der Waals surface area (Å²) in [6.07, 6.45) is 2.51. The molecule has 27 heavy (non-hydrogen) atoms. The number of hydrogen-bond donors (Lipinski definition) is 2. The fourth-order valence-corrected chi connectivity index (χ4v) is 3.11. The van der Waals surface area contributed by atoms with Crippen molar-refractivity contribution < 1.29 is 18.5 Å². The average Bonchev–Trinajstić information content (AvgIpc) is 3.24. The topological polar surface area (TPSA) is 85.6 Å². The second-order valence-electron chi connectivity index (χ2n) is 6.76. The number of aryl methyl sites for hydroxylation is 2. The van der Waals surface area contributed by atoms with Gasteiger partial charge in [0, 0.05) is 5.69 Å². The molecule has 0 aliphatic heterocycles. The van der Waals surface area contributed by atoms with Gasteiger partial charge in [0.05, 0.1) is 12.8 Å². The van der Waals surface area contributed by atoms with Crippen molar-refractivity contribution in [1.29, 1.82) is 0 Å². The molecule has 7 heteroatoms. The lowest BCUT2D eigenvalue weighted by Crippen LogP contribution is -3.11.